The fraction of sp³-hybridized carbons (Fsp3) is 0.273. The third-order valence-electron chi connectivity index (χ3n) is 5.27. The highest BCUT2D eigenvalue weighted by atomic mass is 16.3. The Labute approximate surface area is 154 Å². The molecule has 0 amide bonds. The van der Waals surface area contributed by atoms with Crippen LogP contribution in [0.1, 0.15) is 37.6 Å². The maximum atomic E-state index is 11.2. The second-order valence-electron chi connectivity index (χ2n) is 7.69. The monoisotopic (exact) mass is 345 g/mol. The van der Waals surface area contributed by atoms with E-state index in [2.05, 4.69) is 40.8 Å². The number of hydrogen-bond donors (Lipinski definition) is 1. The van der Waals surface area contributed by atoms with Gasteiger partial charge in [0.05, 0.1) is 5.69 Å². The van der Waals surface area contributed by atoms with Crippen LogP contribution in [0.3, 0.4) is 0 Å². The van der Waals surface area contributed by atoms with Gasteiger partial charge in [-0.1, -0.05) is 32.0 Å². The van der Waals surface area contributed by atoms with E-state index in [1.165, 1.54) is 5.56 Å². The summed E-state index contributed by atoms with van der Waals surface area (Å²) in [6.45, 7) is 7.20. The number of aromatic nitrogens is 2. The van der Waals surface area contributed by atoms with Crippen LogP contribution in [0, 0.1) is 0 Å². The molecular formula is C22H23N3O. The Balaban J connectivity index is 1.83. The highest BCUT2D eigenvalue weighted by molar-refractivity contribution is 5.73. The normalized spacial score (nSPS) is 17.6. The lowest BCUT2D eigenvalue weighted by atomic mass is 9.84. The average Bonchev–Trinajstić information content (AvgIpc) is 2.94. The molecule has 0 radical (unpaired) electrons. The Bertz CT molecular complexity index is 921. The molecule has 4 heteroatoms. The number of nitrogens with zero attached hydrogens (tertiary/aromatic N) is 3. The molecule has 3 aromatic rings. The third kappa shape index (κ3) is 2.67. The van der Waals surface area contributed by atoms with Gasteiger partial charge in [-0.3, -0.25) is 9.97 Å². The maximum absolute atomic E-state index is 11.2. The number of anilines is 2. The zero-order chi connectivity index (χ0) is 18.4. The molecule has 1 aliphatic rings. The third-order valence-corrected chi connectivity index (χ3v) is 5.27. The number of fused-ring (bicyclic) bond motifs is 1. The van der Waals surface area contributed by atoms with Crippen molar-refractivity contribution in [3.05, 3.63) is 83.9 Å². The van der Waals surface area contributed by atoms with Gasteiger partial charge in [0, 0.05) is 41.9 Å². The summed E-state index contributed by atoms with van der Waals surface area (Å²) in [4.78, 5) is 10.8. The van der Waals surface area contributed by atoms with Crippen molar-refractivity contribution in [2.75, 3.05) is 11.4 Å². The first-order chi connectivity index (χ1) is 12.4. The summed E-state index contributed by atoms with van der Waals surface area (Å²) in [5, 5.41) is 11.2. The lowest BCUT2D eigenvalue weighted by molar-refractivity contribution is 0.0974. The van der Waals surface area contributed by atoms with Crippen molar-refractivity contribution in [2.45, 2.75) is 31.8 Å². The maximum Gasteiger partial charge on any atom is 0.129 e. The Kier molecular flexibility index (Phi) is 3.81. The van der Waals surface area contributed by atoms with Crippen molar-refractivity contribution in [3.8, 4) is 0 Å². The molecule has 0 fully saturated rings. The van der Waals surface area contributed by atoms with E-state index in [4.69, 9.17) is 0 Å². The first-order valence-electron chi connectivity index (χ1n) is 8.86. The summed E-state index contributed by atoms with van der Waals surface area (Å²) in [5.74, 6) is 0. The van der Waals surface area contributed by atoms with Crippen molar-refractivity contribution in [3.63, 3.8) is 0 Å². The van der Waals surface area contributed by atoms with Gasteiger partial charge in [-0.05, 0) is 48.4 Å². The first-order valence-corrected chi connectivity index (χ1v) is 8.86. The Morgan fingerprint density at radius 2 is 1.81 bits per heavy atom. The van der Waals surface area contributed by atoms with E-state index in [9.17, 15) is 5.11 Å². The Hall–Kier alpha value is -2.72. The number of pyridine rings is 2. The standard InChI is InChI=1S/C22H23N3O/c1-21(2)15-25(17-9-12-23-13-10-17)19-14-16(7-8-18(19)21)22(3,26)20-6-4-5-11-24-20/h4-14,26H,15H2,1-3H3. The highest BCUT2D eigenvalue weighted by Crippen LogP contribution is 2.45. The van der Waals surface area contributed by atoms with Crippen LogP contribution in [0.15, 0.2) is 67.1 Å². The molecule has 0 saturated carbocycles. The van der Waals surface area contributed by atoms with Gasteiger partial charge >= 0.3 is 0 Å². The summed E-state index contributed by atoms with van der Waals surface area (Å²) in [6, 6.07) is 15.9. The van der Waals surface area contributed by atoms with Gasteiger partial charge in [0.2, 0.25) is 0 Å². The average molecular weight is 345 g/mol. The zero-order valence-corrected chi connectivity index (χ0v) is 15.3. The molecule has 3 heterocycles. The molecule has 1 unspecified atom stereocenters. The van der Waals surface area contributed by atoms with Crippen molar-refractivity contribution in [2.24, 2.45) is 0 Å². The van der Waals surface area contributed by atoms with Crippen molar-refractivity contribution < 1.29 is 5.11 Å². The fourth-order valence-electron chi connectivity index (χ4n) is 3.75. The largest absolute Gasteiger partial charge is 0.379 e. The first kappa shape index (κ1) is 16.7. The van der Waals surface area contributed by atoms with E-state index in [-0.39, 0.29) is 5.41 Å². The molecule has 26 heavy (non-hydrogen) atoms. The van der Waals surface area contributed by atoms with Crippen LogP contribution in [0.2, 0.25) is 0 Å². The minimum Gasteiger partial charge on any atom is -0.379 e. The summed E-state index contributed by atoms with van der Waals surface area (Å²) < 4.78 is 0. The smallest absolute Gasteiger partial charge is 0.129 e. The second-order valence-corrected chi connectivity index (χ2v) is 7.69. The summed E-state index contributed by atoms with van der Waals surface area (Å²) >= 11 is 0. The van der Waals surface area contributed by atoms with Gasteiger partial charge in [-0.2, -0.15) is 0 Å². The van der Waals surface area contributed by atoms with Crippen molar-refractivity contribution in [1.29, 1.82) is 0 Å². The molecule has 0 aliphatic carbocycles. The van der Waals surface area contributed by atoms with E-state index in [1.54, 1.807) is 13.1 Å². The zero-order valence-electron chi connectivity index (χ0n) is 15.3. The Morgan fingerprint density at radius 3 is 2.50 bits per heavy atom. The van der Waals surface area contributed by atoms with Crippen LogP contribution in [0.4, 0.5) is 11.4 Å². The lowest BCUT2D eigenvalue weighted by Crippen LogP contribution is -2.25. The molecule has 0 bridgehead atoms. The number of benzene rings is 1. The predicted octanol–water partition coefficient (Wildman–Crippen LogP) is 4.16. The van der Waals surface area contributed by atoms with Gasteiger partial charge in [0.25, 0.3) is 0 Å². The summed E-state index contributed by atoms with van der Waals surface area (Å²) in [6.07, 6.45) is 5.34. The molecule has 1 aliphatic heterocycles. The van der Waals surface area contributed by atoms with E-state index in [1.807, 2.05) is 48.8 Å². The van der Waals surface area contributed by atoms with Crippen LogP contribution in [-0.4, -0.2) is 21.6 Å². The highest BCUT2D eigenvalue weighted by Gasteiger charge is 2.37. The van der Waals surface area contributed by atoms with Crippen LogP contribution in [0.25, 0.3) is 0 Å². The molecule has 132 valence electrons. The molecule has 4 rings (SSSR count). The van der Waals surface area contributed by atoms with Gasteiger partial charge in [-0.15, -0.1) is 0 Å². The number of aliphatic hydroxyl groups is 1. The van der Waals surface area contributed by atoms with Crippen LogP contribution < -0.4 is 4.90 Å². The molecule has 1 aromatic carbocycles. The molecular weight excluding hydrogens is 322 g/mol. The van der Waals surface area contributed by atoms with E-state index >= 15 is 0 Å². The Morgan fingerprint density at radius 1 is 1.04 bits per heavy atom. The van der Waals surface area contributed by atoms with Gasteiger partial charge in [0.1, 0.15) is 5.60 Å². The summed E-state index contributed by atoms with van der Waals surface area (Å²) in [5.41, 5.74) is 3.91. The predicted molar refractivity (Wildman–Crippen MR) is 104 cm³/mol. The SMILES string of the molecule is CC1(C)CN(c2ccncc2)c2cc(C(C)(O)c3ccccn3)ccc21. The minimum absolute atomic E-state index is 0.0357. The molecule has 1 N–H and O–H groups in total. The van der Waals surface area contributed by atoms with Crippen molar-refractivity contribution in [1.82, 2.24) is 9.97 Å². The quantitative estimate of drug-likeness (QED) is 0.774. The fourth-order valence-corrected chi connectivity index (χ4v) is 3.75. The lowest BCUT2D eigenvalue weighted by Gasteiger charge is -2.26. The molecule has 4 nitrogen and oxygen atoms in total. The van der Waals surface area contributed by atoms with Crippen LogP contribution in [-0.2, 0) is 11.0 Å². The number of rotatable bonds is 3. The number of hydrogen-bond acceptors (Lipinski definition) is 4. The van der Waals surface area contributed by atoms with Gasteiger partial charge < -0.3 is 10.0 Å². The van der Waals surface area contributed by atoms with Crippen LogP contribution >= 0.6 is 0 Å². The van der Waals surface area contributed by atoms with Crippen LogP contribution in [0.5, 0.6) is 0 Å². The van der Waals surface area contributed by atoms with Gasteiger partial charge in [-0.25, -0.2) is 0 Å². The minimum atomic E-state index is -1.15. The van der Waals surface area contributed by atoms with Gasteiger partial charge in [0.15, 0.2) is 0 Å². The summed E-state index contributed by atoms with van der Waals surface area (Å²) in [7, 11) is 0. The molecule has 0 saturated heterocycles. The van der Waals surface area contributed by atoms with E-state index in [0.717, 1.165) is 23.5 Å². The molecule has 1 atom stereocenters. The van der Waals surface area contributed by atoms with E-state index in [0.29, 0.717) is 5.69 Å². The van der Waals surface area contributed by atoms with E-state index < -0.39 is 5.60 Å². The molecule has 2 aromatic heterocycles. The second kappa shape index (κ2) is 5.92. The molecule has 0 spiro atoms. The topological polar surface area (TPSA) is 49.2 Å². The van der Waals surface area contributed by atoms with Crippen molar-refractivity contribution >= 4 is 11.4 Å².